The lowest BCUT2D eigenvalue weighted by atomic mass is 10.0. The van der Waals surface area contributed by atoms with Gasteiger partial charge in [-0.1, -0.05) is 26.2 Å². The van der Waals surface area contributed by atoms with Crippen LogP contribution in [0, 0.1) is 10.1 Å². The number of nitrogens with zero attached hydrogens (tertiary/aromatic N) is 2. The molecule has 1 saturated heterocycles. The monoisotopic (exact) mass is 312 g/mol. The molecule has 0 saturated carbocycles. The van der Waals surface area contributed by atoms with Gasteiger partial charge in [-0.15, -0.1) is 11.3 Å². The number of β-lactam (4-membered cyclic amide) rings is 1. The third-order valence-corrected chi connectivity index (χ3v) is 4.45. The minimum Gasteiger partial charge on any atom is -0.477 e. The van der Waals surface area contributed by atoms with E-state index in [0.717, 1.165) is 19.4 Å². The molecule has 1 amide bonds. The van der Waals surface area contributed by atoms with E-state index in [2.05, 4.69) is 6.92 Å². The largest absolute Gasteiger partial charge is 0.477 e. The first-order valence-corrected chi connectivity index (χ1v) is 8.15. The summed E-state index contributed by atoms with van der Waals surface area (Å²) in [7, 11) is 0. The van der Waals surface area contributed by atoms with Crippen LogP contribution in [-0.4, -0.2) is 34.9 Å². The normalized spacial score (nSPS) is 17.7. The quantitative estimate of drug-likeness (QED) is 0.304. The zero-order valence-corrected chi connectivity index (χ0v) is 12.9. The molecule has 1 aromatic rings. The van der Waals surface area contributed by atoms with Crippen LogP contribution in [0.25, 0.3) is 0 Å². The number of rotatable bonds is 9. The first kappa shape index (κ1) is 15.8. The minimum absolute atomic E-state index is 0.000135. The fourth-order valence-corrected chi connectivity index (χ4v) is 3.11. The number of likely N-dealkylation sites (tertiary alicyclic amines) is 1. The van der Waals surface area contributed by atoms with Crippen molar-refractivity contribution < 1.29 is 14.5 Å². The van der Waals surface area contributed by atoms with Gasteiger partial charge in [0.05, 0.1) is 17.4 Å². The van der Waals surface area contributed by atoms with Gasteiger partial charge in [-0.3, -0.25) is 14.9 Å². The third kappa shape index (κ3) is 3.93. The molecule has 0 unspecified atom stereocenters. The summed E-state index contributed by atoms with van der Waals surface area (Å²) in [5.41, 5.74) is 0.000135. The van der Waals surface area contributed by atoms with Crippen LogP contribution in [-0.2, 0) is 4.79 Å². The first-order valence-electron chi connectivity index (χ1n) is 7.27. The van der Waals surface area contributed by atoms with Crippen LogP contribution in [0.15, 0.2) is 11.4 Å². The van der Waals surface area contributed by atoms with Crippen LogP contribution in [0.2, 0.25) is 0 Å². The highest BCUT2D eigenvalue weighted by atomic mass is 32.1. The summed E-state index contributed by atoms with van der Waals surface area (Å²) in [6.45, 7) is 3.25. The Hall–Kier alpha value is -1.63. The second-order valence-corrected chi connectivity index (χ2v) is 6.05. The summed E-state index contributed by atoms with van der Waals surface area (Å²) in [6.07, 6.45) is 4.97. The van der Waals surface area contributed by atoms with Gasteiger partial charge in [0.15, 0.2) is 0 Å². The van der Waals surface area contributed by atoms with Gasteiger partial charge in [0.1, 0.15) is 6.61 Å². The van der Waals surface area contributed by atoms with E-state index >= 15 is 0 Å². The zero-order chi connectivity index (χ0) is 15.2. The van der Waals surface area contributed by atoms with Crippen LogP contribution in [0.4, 0.5) is 5.69 Å². The Balaban J connectivity index is 1.78. The summed E-state index contributed by atoms with van der Waals surface area (Å²) in [5, 5.41) is 12.8. The summed E-state index contributed by atoms with van der Waals surface area (Å²) in [6, 6.07) is 1.50. The molecule has 116 valence electrons. The Kier molecular flexibility index (Phi) is 5.55. The van der Waals surface area contributed by atoms with Crippen LogP contribution in [0.1, 0.15) is 39.0 Å². The number of carbonyl (C=O) groups is 1. The highest BCUT2D eigenvalue weighted by Crippen LogP contribution is 2.34. The molecule has 0 N–H and O–H groups in total. The molecule has 0 spiro atoms. The van der Waals surface area contributed by atoms with Gasteiger partial charge < -0.3 is 9.64 Å². The number of hydrogen-bond donors (Lipinski definition) is 0. The van der Waals surface area contributed by atoms with Crippen molar-refractivity contribution in [2.45, 2.75) is 45.1 Å². The Morgan fingerprint density at radius 3 is 2.95 bits per heavy atom. The predicted octanol–water partition coefficient (Wildman–Crippen LogP) is 3.22. The van der Waals surface area contributed by atoms with Gasteiger partial charge >= 0.3 is 5.69 Å². The van der Waals surface area contributed by atoms with E-state index in [1.165, 1.54) is 30.2 Å². The fraction of sp³-hybridized carbons (Fsp3) is 0.643. The predicted molar refractivity (Wildman–Crippen MR) is 80.7 cm³/mol. The molecule has 1 fully saturated rings. The van der Waals surface area contributed by atoms with Gasteiger partial charge in [0.2, 0.25) is 5.91 Å². The minimum atomic E-state index is -0.444. The highest BCUT2D eigenvalue weighted by Gasteiger charge is 2.36. The molecule has 0 aromatic carbocycles. The van der Waals surface area contributed by atoms with E-state index in [9.17, 15) is 14.9 Å². The number of unbranched alkanes of at least 4 members (excludes halogenated alkanes) is 3. The van der Waals surface area contributed by atoms with Crippen molar-refractivity contribution in [1.29, 1.82) is 0 Å². The summed E-state index contributed by atoms with van der Waals surface area (Å²) in [4.78, 5) is 23.8. The number of thiophene rings is 1. The molecular formula is C14H20N2O4S. The molecule has 21 heavy (non-hydrogen) atoms. The lowest BCUT2D eigenvalue weighted by Crippen LogP contribution is -2.55. The van der Waals surface area contributed by atoms with Gasteiger partial charge in [0.25, 0.3) is 5.06 Å². The molecule has 1 aliphatic rings. The number of nitro groups is 1. The number of ether oxygens (including phenoxy) is 1. The Morgan fingerprint density at radius 2 is 2.29 bits per heavy atom. The molecule has 1 aliphatic heterocycles. The summed E-state index contributed by atoms with van der Waals surface area (Å²) in [5.74, 6) is 0.153. The third-order valence-electron chi connectivity index (χ3n) is 3.64. The van der Waals surface area contributed by atoms with Crippen molar-refractivity contribution in [3.8, 4) is 5.06 Å². The van der Waals surface area contributed by atoms with Crippen molar-refractivity contribution in [3.63, 3.8) is 0 Å². The van der Waals surface area contributed by atoms with Crippen LogP contribution in [0.5, 0.6) is 5.06 Å². The van der Waals surface area contributed by atoms with Gasteiger partial charge in [-0.25, -0.2) is 0 Å². The molecule has 0 radical (unpaired) electrons. The number of hydrogen-bond acceptors (Lipinski definition) is 5. The SMILES string of the molecule is CCCCCCN1C(=O)C[C@@H]1COc1sccc1[N+](=O)[O-]. The maximum absolute atomic E-state index is 11.6. The van der Waals surface area contributed by atoms with Crippen molar-refractivity contribution >= 4 is 22.9 Å². The molecule has 2 rings (SSSR count). The maximum atomic E-state index is 11.6. The van der Waals surface area contributed by atoms with Gasteiger partial charge in [-0.2, -0.15) is 0 Å². The zero-order valence-electron chi connectivity index (χ0n) is 12.1. The van der Waals surface area contributed by atoms with Gasteiger partial charge in [0, 0.05) is 18.0 Å². The Morgan fingerprint density at radius 1 is 1.48 bits per heavy atom. The second-order valence-electron chi connectivity index (χ2n) is 5.17. The molecular weight excluding hydrogens is 292 g/mol. The summed E-state index contributed by atoms with van der Waals surface area (Å²) >= 11 is 1.21. The maximum Gasteiger partial charge on any atom is 0.322 e. The van der Waals surface area contributed by atoms with Crippen molar-refractivity contribution in [1.82, 2.24) is 4.90 Å². The number of amides is 1. The van der Waals surface area contributed by atoms with E-state index in [-0.39, 0.29) is 17.6 Å². The molecule has 0 aliphatic carbocycles. The van der Waals surface area contributed by atoms with E-state index in [1.54, 1.807) is 5.38 Å². The van der Waals surface area contributed by atoms with E-state index < -0.39 is 4.92 Å². The topological polar surface area (TPSA) is 72.7 Å². The standard InChI is InChI=1S/C14H20N2O4S/c1-2-3-4-5-7-15-11(9-13(15)17)10-20-14-12(16(18)19)6-8-21-14/h6,8,11H,2-5,7,9-10H2,1H3/t11-/m1/s1. The molecule has 6 nitrogen and oxygen atoms in total. The van der Waals surface area contributed by atoms with Crippen LogP contribution >= 0.6 is 11.3 Å². The van der Waals surface area contributed by atoms with E-state index in [1.807, 2.05) is 4.90 Å². The fourth-order valence-electron chi connectivity index (χ4n) is 2.39. The Labute approximate surface area is 127 Å². The Bertz CT molecular complexity index is 503. The molecule has 1 aromatic heterocycles. The molecule has 0 bridgehead atoms. The van der Waals surface area contributed by atoms with Crippen LogP contribution in [0.3, 0.4) is 0 Å². The summed E-state index contributed by atoms with van der Waals surface area (Å²) < 4.78 is 5.53. The average molecular weight is 312 g/mol. The molecule has 7 heteroatoms. The highest BCUT2D eigenvalue weighted by molar-refractivity contribution is 7.12. The lowest BCUT2D eigenvalue weighted by Gasteiger charge is -2.40. The first-order chi connectivity index (χ1) is 10.1. The van der Waals surface area contributed by atoms with Crippen LogP contribution < -0.4 is 4.74 Å². The van der Waals surface area contributed by atoms with Crippen molar-refractivity contribution in [2.75, 3.05) is 13.2 Å². The van der Waals surface area contributed by atoms with Gasteiger partial charge in [-0.05, 0) is 6.42 Å². The average Bonchev–Trinajstić information content (AvgIpc) is 2.91. The van der Waals surface area contributed by atoms with Crippen molar-refractivity contribution in [3.05, 3.63) is 21.6 Å². The van der Waals surface area contributed by atoms with Crippen molar-refractivity contribution in [2.24, 2.45) is 0 Å². The van der Waals surface area contributed by atoms with E-state index in [4.69, 9.17) is 4.74 Å². The smallest absolute Gasteiger partial charge is 0.322 e. The second kappa shape index (κ2) is 7.40. The molecule has 2 heterocycles. The lowest BCUT2D eigenvalue weighted by molar-refractivity contribution is -0.385. The van der Waals surface area contributed by atoms with E-state index in [0.29, 0.717) is 18.1 Å². The molecule has 1 atom stereocenters. The number of carbonyl (C=O) groups excluding carboxylic acids is 1.